The highest BCUT2D eigenvalue weighted by Gasteiger charge is 2.17. The Morgan fingerprint density at radius 2 is 2.11 bits per heavy atom. The summed E-state index contributed by atoms with van der Waals surface area (Å²) in [5.41, 5.74) is 8.05. The number of nitrogens with zero attached hydrogens (tertiary/aromatic N) is 3. The number of pyridine rings is 1. The molecule has 2 aromatic rings. The molecule has 2 aromatic heterocycles. The molecule has 102 valence electrons. The number of aryl methyl sites for hydroxylation is 1. The van der Waals surface area contributed by atoms with Crippen LogP contribution < -0.4 is 5.73 Å². The maximum Gasteiger partial charge on any atom is 0.132 e. The van der Waals surface area contributed by atoms with Crippen LogP contribution in [0.4, 0.5) is 5.82 Å². The van der Waals surface area contributed by atoms with Crippen LogP contribution in [-0.2, 0) is 6.42 Å². The normalized spacial score (nSPS) is 11.2. The zero-order valence-corrected chi connectivity index (χ0v) is 13.1. The minimum atomic E-state index is 0.308. The number of anilines is 1. The Balaban J connectivity index is 2.55. The van der Waals surface area contributed by atoms with Crippen LogP contribution in [0.15, 0.2) is 22.9 Å². The third-order valence-electron chi connectivity index (χ3n) is 2.99. The summed E-state index contributed by atoms with van der Waals surface area (Å²) in [5, 5.41) is 0. The summed E-state index contributed by atoms with van der Waals surface area (Å²) >= 11 is 3.43. The van der Waals surface area contributed by atoms with Crippen molar-refractivity contribution in [3.8, 4) is 11.3 Å². The molecular formula is C14H19BrN4. The molecule has 0 unspecified atom stereocenters. The van der Waals surface area contributed by atoms with E-state index in [9.17, 15) is 0 Å². The highest BCUT2D eigenvalue weighted by molar-refractivity contribution is 9.10. The number of hydrogen-bond acceptors (Lipinski definition) is 3. The van der Waals surface area contributed by atoms with Crippen molar-refractivity contribution in [2.45, 2.75) is 39.7 Å². The number of halogens is 1. The van der Waals surface area contributed by atoms with Crippen molar-refractivity contribution in [3.63, 3.8) is 0 Å². The molecule has 5 heteroatoms. The van der Waals surface area contributed by atoms with Crippen LogP contribution in [0.3, 0.4) is 0 Å². The zero-order chi connectivity index (χ0) is 14.0. The molecule has 2 rings (SSSR count). The largest absolute Gasteiger partial charge is 0.383 e. The molecule has 0 bridgehead atoms. The fourth-order valence-electron chi connectivity index (χ4n) is 2.22. The summed E-state index contributed by atoms with van der Waals surface area (Å²) in [6, 6.07) is 2.30. The average Bonchev–Trinajstić information content (AvgIpc) is 2.67. The molecule has 0 amide bonds. The van der Waals surface area contributed by atoms with Crippen molar-refractivity contribution in [2.75, 3.05) is 5.73 Å². The molecule has 0 aliphatic rings. The van der Waals surface area contributed by atoms with Gasteiger partial charge in [-0.25, -0.2) is 4.98 Å². The predicted molar refractivity (Wildman–Crippen MR) is 82.0 cm³/mol. The first-order valence-electron chi connectivity index (χ1n) is 6.52. The Morgan fingerprint density at radius 1 is 1.37 bits per heavy atom. The molecule has 0 spiro atoms. The molecule has 0 aromatic carbocycles. The van der Waals surface area contributed by atoms with Gasteiger partial charge in [0.25, 0.3) is 0 Å². The summed E-state index contributed by atoms with van der Waals surface area (Å²) in [6.45, 7) is 6.40. The van der Waals surface area contributed by atoms with Crippen LogP contribution in [0, 0.1) is 0 Å². The van der Waals surface area contributed by atoms with E-state index >= 15 is 0 Å². The van der Waals surface area contributed by atoms with Crippen molar-refractivity contribution in [2.24, 2.45) is 0 Å². The van der Waals surface area contributed by atoms with Gasteiger partial charge >= 0.3 is 0 Å². The van der Waals surface area contributed by atoms with E-state index in [0.29, 0.717) is 6.04 Å². The van der Waals surface area contributed by atoms with Gasteiger partial charge in [-0.2, -0.15) is 0 Å². The molecule has 0 radical (unpaired) electrons. The van der Waals surface area contributed by atoms with E-state index in [0.717, 1.165) is 40.2 Å². The Labute approximate surface area is 122 Å². The van der Waals surface area contributed by atoms with Gasteiger partial charge in [0.15, 0.2) is 0 Å². The molecule has 4 nitrogen and oxygen atoms in total. The van der Waals surface area contributed by atoms with Crippen LogP contribution >= 0.6 is 15.9 Å². The molecule has 2 N–H and O–H groups in total. The summed E-state index contributed by atoms with van der Waals surface area (Å²) in [4.78, 5) is 8.89. The Hall–Kier alpha value is -1.36. The summed E-state index contributed by atoms with van der Waals surface area (Å²) in [7, 11) is 0. The van der Waals surface area contributed by atoms with Gasteiger partial charge in [-0.1, -0.05) is 6.92 Å². The second-order valence-electron chi connectivity index (χ2n) is 4.87. The third kappa shape index (κ3) is 2.81. The Morgan fingerprint density at radius 3 is 2.68 bits per heavy atom. The molecule has 0 saturated heterocycles. The van der Waals surface area contributed by atoms with Crippen molar-refractivity contribution < 1.29 is 0 Å². The fourth-order valence-corrected chi connectivity index (χ4v) is 2.59. The zero-order valence-electron chi connectivity index (χ0n) is 11.5. The maximum atomic E-state index is 6.27. The lowest BCUT2D eigenvalue weighted by Crippen LogP contribution is -2.09. The molecule has 0 aliphatic heterocycles. The van der Waals surface area contributed by atoms with Gasteiger partial charge < -0.3 is 10.3 Å². The van der Waals surface area contributed by atoms with E-state index in [2.05, 4.69) is 46.3 Å². The Kier molecular flexibility index (Phi) is 4.24. The molecule has 2 heterocycles. The van der Waals surface area contributed by atoms with Crippen molar-refractivity contribution in [3.05, 3.63) is 28.8 Å². The predicted octanol–water partition coefficient (Wildman–Crippen LogP) is 3.82. The number of nitrogens with two attached hydrogens (primary N) is 1. The van der Waals surface area contributed by atoms with Gasteiger partial charge in [-0.3, -0.25) is 4.98 Å². The third-order valence-corrected chi connectivity index (χ3v) is 3.42. The van der Waals surface area contributed by atoms with E-state index < -0.39 is 0 Å². The van der Waals surface area contributed by atoms with Crippen LogP contribution in [0.25, 0.3) is 11.3 Å². The van der Waals surface area contributed by atoms with E-state index in [1.807, 2.05) is 6.07 Å². The van der Waals surface area contributed by atoms with E-state index in [1.165, 1.54) is 0 Å². The topological polar surface area (TPSA) is 56.7 Å². The monoisotopic (exact) mass is 322 g/mol. The van der Waals surface area contributed by atoms with Gasteiger partial charge in [0.2, 0.25) is 0 Å². The SMILES string of the molecule is CCCc1nc(-c2cncc(Br)c2)c(N)n1C(C)C. The highest BCUT2D eigenvalue weighted by atomic mass is 79.9. The number of imidazole rings is 1. The van der Waals surface area contributed by atoms with E-state index in [-0.39, 0.29) is 0 Å². The molecule has 0 fully saturated rings. The number of rotatable bonds is 4. The average molecular weight is 323 g/mol. The molecule has 0 saturated carbocycles. The lowest BCUT2D eigenvalue weighted by atomic mass is 10.2. The maximum absolute atomic E-state index is 6.27. The highest BCUT2D eigenvalue weighted by Crippen LogP contribution is 2.30. The minimum absolute atomic E-state index is 0.308. The first kappa shape index (κ1) is 14.1. The van der Waals surface area contributed by atoms with Crippen LogP contribution in [0.1, 0.15) is 39.1 Å². The van der Waals surface area contributed by atoms with Crippen molar-refractivity contribution in [1.82, 2.24) is 14.5 Å². The molecule has 0 aliphatic carbocycles. The summed E-state index contributed by atoms with van der Waals surface area (Å²) < 4.78 is 3.04. The van der Waals surface area contributed by atoms with Gasteiger partial charge in [-0.05, 0) is 42.3 Å². The number of nitrogen functional groups attached to an aromatic ring is 1. The standard InChI is InChI=1S/C14H19BrN4/c1-4-5-12-18-13(14(16)19(12)9(2)3)10-6-11(15)8-17-7-10/h6-9H,4-5,16H2,1-3H3. The molecule has 0 atom stereocenters. The van der Waals surface area contributed by atoms with E-state index in [1.54, 1.807) is 12.4 Å². The number of hydrogen-bond donors (Lipinski definition) is 1. The van der Waals surface area contributed by atoms with Gasteiger partial charge in [0.1, 0.15) is 17.3 Å². The smallest absolute Gasteiger partial charge is 0.132 e. The quantitative estimate of drug-likeness (QED) is 0.930. The van der Waals surface area contributed by atoms with Gasteiger partial charge in [0, 0.05) is 34.9 Å². The lowest BCUT2D eigenvalue weighted by Gasteiger charge is -2.13. The summed E-state index contributed by atoms with van der Waals surface area (Å²) in [5.74, 6) is 1.77. The second kappa shape index (κ2) is 5.74. The molecule has 19 heavy (non-hydrogen) atoms. The van der Waals surface area contributed by atoms with E-state index in [4.69, 9.17) is 10.7 Å². The molecular weight excluding hydrogens is 304 g/mol. The van der Waals surface area contributed by atoms with Crippen LogP contribution in [0.2, 0.25) is 0 Å². The van der Waals surface area contributed by atoms with Crippen molar-refractivity contribution in [1.29, 1.82) is 0 Å². The second-order valence-corrected chi connectivity index (χ2v) is 5.78. The minimum Gasteiger partial charge on any atom is -0.383 e. The Bertz CT molecular complexity index is 575. The van der Waals surface area contributed by atoms with Gasteiger partial charge in [-0.15, -0.1) is 0 Å². The van der Waals surface area contributed by atoms with Crippen LogP contribution in [0.5, 0.6) is 0 Å². The van der Waals surface area contributed by atoms with Crippen molar-refractivity contribution >= 4 is 21.7 Å². The fraction of sp³-hybridized carbons (Fsp3) is 0.429. The summed E-state index contributed by atoms with van der Waals surface area (Å²) in [6.07, 6.45) is 5.54. The lowest BCUT2D eigenvalue weighted by molar-refractivity contribution is 0.571. The first-order valence-corrected chi connectivity index (χ1v) is 7.31. The number of aromatic nitrogens is 3. The first-order chi connectivity index (χ1) is 9.04. The van der Waals surface area contributed by atoms with Gasteiger partial charge in [0.05, 0.1) is 0 Å². The van der Waals surface area contributed by atoms with Crippen LogP contribution in [-0.4, -0.2) is 14.5 Å².